The molecule has 3 rings (SSSR count). The van der Waals surface area contributed by atoms with Gasteiger partial charge in [-0.1, -0.05) is 34.1 Å². The van der Waals surface area contributed by atoms with E-state index in [1.54, 1.807) is 30.1 Å². The number of fused-ring (bicyclic) bond motifs is 1. The van der Waals surface area contributed by atoms with E-state index in [2.05, 4.69) is 26.1 Å². The number of nitrogens with zero attached hydrogens (tertiary/aromatic N) is 3. The first-order valence-electron chi connectivity index (χ1n) is 6.55. The molecule has 0 fully saturated rings. The molecule has 1 N–H and O–H groups in total. The Labute approximate surface area is 135 Å². The minimum Gasteiger partial charge on any atom is -0.507 e. The topological polar surface area (TPSA) is 65.3 Å². The smallest absolute Gasteiger partial charge is 0.279 e. The van der Waals surface area contributed by atoms with Crippen molar-refractivity contribution in [1.29, 1.82) is 0 Å². The number of carbonyl (C=O) groups excluding carboxylic acids is 1. The monoisotopic (exact) mass is 357 g/mol. The fraction of sp³-hybridized carbons (Fsp3) is 0.0625. The molecule has 0 spiro atoms. The van der Waals surface area contributed by atoms with Crippen LogP contribution in [-0.2, 0) is 4.79 Å². The summed E-state index contributed by atoms with van der Waals surface area (Å²) in [5, 5.41) is 17.7. The Hall–Kier alpha value is -2.47. The summed E-state index contributed by atoms with van der Waals surface area (Å²) in [4.78, 5) is 13.7. The van der Waals surface area contributed by atoms with Gasteiger partial charge in [0.2, 0.25) is 0 Å². The van der Waals surface area contributed by atoms with E-state index < -0.39 is 0 Å². The number of phenols is 1. The lowest BCUT2D eigenvalue weighted by molar-refractivity contribution is -0.111. The van der Waals surface area contributed by atoms with Crippen molar-refractivity contribution in [2.75, 3.05) is 11.9 Å². The number of benzene rings is 2. The highest BCUT2D eigenvalue weighted by atomic mass is 79.9. The predicted molar refractivity (Wildman–Crippen MR) is 89.8 cm³/mol. The summed E-state index contributed by atoms with van der Waals surface area (Å²) in [5.41, 5.74) is 2.38. The molecule has 0 radical (unpaired) electrons. The van der Waals surface area contributed by atoms with Crippen LogP contribution in [0, 0.1) is 0 Å². The number of anilines is 1. The highest BCUT2D eigenvalue weighted by molar-refractivity contribution is 9.10. The Morgan fingerprint density at radius 2 is 2.00 bits per heavy atom. The van der Waals surface area contributed by atoms with Gasteiger partial charge in [-0.15, -0.1) is 5.10 Å². The second-order valence-electron chi connectivity index (χ2n) is 4.78. The molecule has 6 heteroatoms. The average Bonchev–Trinajstić information content (AvgIpc) is 2.76. The van der Waals surface area contributed by atoms with Gasteiger partial charge in [0, 0.05) is 22.6 Å². The van der Waals surface area contributed by atoms with Crippen LogP contribution in [0.5, 0.6) is 5.75 Å². The molecule has 0 bridgehead atoms. The number of amides is 1. The van der Waals surface area contributed by atoms with Crippen LogP contribution in [0.1, 0.15) is 11.1 Å². The van der Waals surface area contributed by atoms with Gasteiger partial charge in [0.05, 0.1) is 11.9 Å². The molecule has 0 unspecified atom stereocenters. The fourth-order valence-corrected chi connectivity index (χ4v) is 2.60. The highest BCUT2D eigenvalue weighted by Crippen LogP contribution is 2.27. The molecule has 2 aromatic carbocycles. The summed E-state index contributed by atoms with van der Waals surface area (Å²) in [6.07, 6.45) is 1.42. The van der Waals surface area contributed by atoms with Crippen molar-refractivity contribution in [1.82, 2.24) is 0 Å². The fourth-order valence-electron chi connectivity index (χ4n) is 2.22. The number of phenolic OH excluding ortho intramolecular Hbond substituents is 1. The number of hydrogen-bond acceptors (Lipinski definition) is 4. The molecule has 5 nitrogen and oxygen atoms in total. The second kappa shape index (κ2) is 5.73. The lowest BCUT2D eigenvalue weighted by Gasteiger charge is -2.07. The van der Waals surface area contributed by atoms with E-state index >= 15 is 0 Å². The van der Waals surface area contributed by atoms with Crippen LogP contribution >= 0.6 is 15.9 Å². The Morgan fingerprint density at radius 3 is 2.82 bits per heavy atom. The van der Waals surface area contributed by atoms with Gasteiger partial charge in [-0.05, 0) is 24.3 Å². The van der Waals surface area contributed by atoms with Crippen LogP contribution in [0.15, 0.2) is 57.1 Å². The van der Waals surface area contributed by atoms with E-state index in [-0.39, 0.29) is 11.7 Å². The third-order valence-electron chi connectivity index (χ3n) is 3.37. The Balaban J connectivity index is 1.95. The molecule has 22 heavy (non-hydrogen) atoms. The van der Waals surface area contributed by atoms with Crippen LogP contribution < -0.4 is 4.90 Å². The maximum Gasteiger partial charge on any atom is 0.279 e. The molecule has 110 valence electrons. The number of aromatic hydroxyl groups is 1. The third-order valence-corrected chi connectivity index (χ3v) is 3.87. The van der Waals surface area contributed by atoms with Crippen molar-refractivity contribution in [2.45, 2.75) is 0 Å². The van der Waals surface area contributed by atoms with E-state index in [1.165, 1.54) is 6.21 Å². The minimum absolute atomic E-state index is 0.0995. The van der Waals surface area contributed by atoms with Gasteiger partial charge >= 0.3 is 0 Å². The average molecular weight is 358 g/mol. The van der Waals surface area contributed by atoms with Gasteiger partial charge in [-0.3, -0.25) is 4.79 Å². The first kappa shape index (κ1) is 14.5. The highest BCUT2D eigenvalue weighted by Gasteiger charge is 2.30. The summed E-state index contributed by atoms with van der Waals surface area (Å²) in [7, 11) is 1.70. The van der Waals surface area contributed by atoms with E-state index in [0.29, 0.717) is 11.3 Å². The Bertz CT molecular complexity index is 815. The van der Waals surface area contributed by atoms with Crippen molar-refractivity contribution < 1.29 is 9.90 Å². The minimum atomic E-state index is -0.197. The molecule has 0 saturated heterocycles. The largest absolute Gasteiger partial charge is 0.507 e. The Morgan fingerprint density at radius 1 is 1.23 bits per heavy atom. The number of hydrogen-bond donors (Lipinski definition) is 1. The molecule has 1 heterocycles. The zero-order valence-electron chi connectivity index (χ0n) is 11.7. The van der Waals surface area contributed by atoms with Gasteiger partial charge < -0.3 is 10.0 Å². The first-order chi connectivity index (χ1) is 10.6. The zero-order chi connectivity index (χ0) is 15.7. The van der Waals surface area contributed by atoms with E-state index in [1.807, 2.05) is 24.3 Å². The van der Waals surface area contributed by atoms with Crippen LogP contribution in [0.2, 0.25) is 0 Å². The summed E-state index contributed by atoms with van der Waals surface area (Å²) < 4.78 is 0.821. The lowest BCUT2D eigenvalue weighted by Crippen LogP contribution is -2.25. The van der Waals surface area contributed by atoms with Crippen LogP contribution in [0.25, 0.3) is 0 Å². The molecular formula is C16H12BrN3O2. The van der Waals surface area contributed by atoms with Crippen LogP contribution in [-0.4, -0.2) is 30.0 Å². The molecule has 2 aromatic rings. The van der Waals surface area contributed by atoms with Gasteiger partial charge in [0.1, 0.15) is 5.75 Å². The molecule has 0 saturated carbocycles. The van der Waals surface area contributed by atoms with Gasteiger partial charge in [-0.25, -0.2) is 0 Å². The predicted octanol–water partition coefficient (Wildman–Crippen LogP) is 2.95. The lowest BCUT2D eigenvalue weighted by atomic mass is 10.1. The number of halogens is 1. The zero-order valence-corrected chi connectivity index (χ0v) is 13.3. The molecule has 0 aliphatic carbocycles. The summed E-state index contributed by atoms with van der Waals surface area (Å²) in [5.74, 6) is -0.0979. The van der Waals surface area contributed by atoms with Gasteiger partial charge in [-0.2, -0.15) is 5.10 Å². The maximum atomic E-state index is 12.2. The molecule has 0 aromatic heterocycles. The van der Waals surface area contributed by atoms with Crippen LogP contribution in [0.3, 0.4) is 0 Å². The van der Waals surface area contributed by atoms with E-state index in [4.69, 9.17) is 0 Å². The molecule has 1 amide bonds. The van der Waals surface area contributed by atoms with Crippen LogP contribution in [0.4, 0.5) is 5.69 Å². The van der Waals surface area contributed by atoms with Gasteiger partial charge in [0.25, 0.3) is 5.91 Å². The standard InChI is InChI=1S/C16H12BrN3O2/c1-20-13-5-3-2-4-12(13)15(16(20)22)19-18-9-10-8-11(17)6-7-14(10)21/h2-9,21H,1H3/b18-9+,19-15+. The SMILES string of the molecule is CN1C(=O)/C(=N/N=C/c2cc(Br)ccc2O)c2ccccc21. The summed E-state index contributed by atoms with van der Waals surface area (Å²) in [6.45, 7) is 0. The molecule has 1 aliphatic rings. The number of para-hydroxylation sites is 1. The molecule has 0 atom stereocenters. The number of carbonyl (C=O) groups is 1. The van der Waals surface area contributed by atoms with Crippen molar-refractivity contribution in [3.8, 4) is 5.75 Å². The van der Waals surface area contributed by atoms with Crippen molar-refractivity contribution in [3.05, 3.63) is 58.1 Å². The van der Waals surface area contributed by atoms with Crippen molar-refractivity contribution in [3.63, 3.8) is 0 Å². The normalized spacial score (nSPS) is 15.8. The summed E-state index contributed by atoms with van der Waals surface area (Å²) >= 11 is 3.32. The number of rotatable bonds is 2. The summed E-state index contributed by atoms with van der Waals surface area (Å²) in [6, 6.07) is 12.4. The van der Waals surface area contributed by atoms with Crippen molar-refractivity contribution in [2.24, 2.45) is 10.2 Å². The number of likely N-dealkylation sites (N-methyl/N-ethyl adjacent to an activating group) is 1. The maximum absolute atomic E-state index is 12.2. The first-order valence-corrected chi connectivity index (χ1v) is 7.34. The van der Waals surface area contributed by atoms with Gasteiger partial charge in [0.15, 0.2) is 5.71 Å². The Kier molecular flexibility index (Phi) is 3.77. The molecular weight excluding hydrogens is 346 g/mol. The van der Waals surface area contributed by atoms with E-state index in [0.717, 1.165) is 15.7 Å². The van der Waals surface area contributed by atoms with E-state index in [9.17, 15) is 9.90 Å². The quantitative estimate of drug-likeness (QED) is 0.663. The second-order valence-corrected chi connectivity index (χ2v) is 5.69. The third kappa shape index (κ3) is 2.53. The van der Waals surface area contributed by atoms with Crippen molar-refractivity contribution >= 4 is 39.5 Å². The molecule has 1 aliphatic heterocycles.